The minimum absolute atomic E-state index is 0.224. The number of hydrogen-bond donors (Lipinski definition) is 2. The lowest BCUT2D eigenvalue weighted by atomic mass is 10.3. The van der Waals surface area contributed by atoms with Gasteiger partial charge in [0.25, 0.3) is 0 Å². The maximum absolute atomic E-state index is 10.1. The Labute approximate surface area is 63.4 Å². The summed E-state index contributed by atoms with van der Waals surface area (Å²) in [4.78, 5) is 10.1. The maximum Gasteiger partial charge on any atom is 0.332 e. The quantitative estimate of drug-likeness (QED) is 0.562. The summed E-state index contributed by atoms with van der Waals surface area (Å²) in [7, 11) is 0.224. The number of carbonyl (C=O) groups is 1. The second-order valence-electron chi connectivity index (χ2n) is 2.33. The Balaban J connectivity index is 3.40. The monoisotopic (exact) mass is 165 g/mol. The van der Waals surface area contributed by atoms with Gasteiger partial charge in [0, 0.05) is 6.42 Å². The van der Waals surface area contributed by atoms with Crippen molar-refractivity contribution in [3.8, 4) is 0 Å². The van der Waals surface area contributed by atoms with Crippen molar-refractivity contribution in [1.82, 2.24) is 0 Å². The van der Waals surface area contributed by atoms with Crippen LogP contribution in [0.4, 0.5) is 0 Å². The molecule has 4 heteroatoms. The molecule has 0 radical (unpaired) electrons. The first-order valence-corrected chi connectivity index (χ1v) is 5.20. The molecule has 0 aromatic carbocycles. The summed E-state index contributed by atoms with van der Waals surface area (Å²) < 4.78 is 0. The fraction of sp³-hybridized carbons (Fsp3) is 0.833. The average Bonchev–Trinajstić information content (AvgIpc) is 1.82. The van der Waals surface area contributed by atoms with E-state index in [1.165, 1.54) is 0 Å². The zero-order valence-electron chi connectivity index (χ0n) is 6.20. The number of carboxylic acids is 1. The molecule has 2 N–H and O–H groups in total. The van der Waals surface area contributed by atoms with Gasteiger partial charge in [-0.1, -0.05) is 0 Å². The Morgan fingerprint density at radius 1 is 1.60 bits per heavy atom. The summed E-state index contributed by atoms with van der Waals surface area (Å²) in [5.41, 5.74) is 0. The highest BCUT2D eigenvalue weighted by molar-refractivity contribution is 7.95. The molecule has 0 unspecified atom stereocenters. The molecule has 0 aliphatic heterocycles. The molecule has 0 aromatic heterocycles. The van der Waals surface area contributed by atoms with Gasteiger partial charge in [-0.2, -0.15) is 0 Å². The molecule has 0 fully saturated rings. The van der Waals surface area contributed by atoms with E-state index >= 15 is 0 Å². The van der Waals surface area contributed by atoms with Gasteiger partial charge < -0.3 is 10.2 Å². The van der Waals surface area contributed by atoms with E-state index < -0.39 is 12.1 Å². The van der Waals surface area contributed by atoms with Crippen LogP contribution in [0.3, 0.4) is 0 Å². The van der Waals surface area contributed by atoms with Crippen LogP contribution in [0.2, 0.25) is 0 Å². The van der Waals surface area contributed by atoms with Gasteiger partial charge in [-0.3, -0.25) is 0 Å². The molecule has 3 nitrogen and oxygen atoms in total. The summed E-state index contributed by atoms with van der Waals surface area (Å²) >= 11 is 0. The zero-order valence-corrected chi connectivity index (χ0v) is 7.02. The molecule has 10 heavy (non-hydrogen) atoms. The van der Waals surface area contributed by atoms with Crippen LogP contribution in [0.1, 0.15) is 6.42 Å². The van der Waals surface area contributed by atoms with Crippen molar-refractivity contribution in [2.24, 2.45) is 0 Å². The summed E-state index contributed by atoms with van der Waals surface area (Å²) in [6.07, 6.45) is 3.24. The Hall–Kier alpha value is -0.220. The molecule has 0 spiro atoms. The van der Waals surface area contributed by atoms with E-state index in [1.54, 1.807) is 0 Å². The van der Waals surface area contributed by atoms with Gasteiger partial charge in [-0.05, 0) is 10.9 Å². The molecule has 0 aliphatic carbocycles. The molecule has 0 amide bonds. The molecule has 0 rings (SSSR count). The van der Waals surface area contributed by atoms with Crippen molar-refractivity contribution in [3.05, 3.63) is 0 Å². The third kappa shape index (κ3) is 4.64. The fourth-order valence-corrected chi connectivity index (χ4v) is 1.17. The summed E-state index contributed by atoms with van der Waals surface area (Å²) in [5.74, 6) is -0.335. The topological polar surface area (TPSA) is 57.5 Å². The van der Waals surface area contributed by atoms with E-state index in [0.717, 1.165) is 5.75 Å². The first-order valence-electron chi connectivity index (χ1n) is 2.99. The van der Waals surface area contributed by atoms with Crippen LogP contribution in [0.25, 0.3) is 0 Å². The first-order chi connectivity index (χ1) is 4.54. The zero-order chi connectivity index (χ0) is 8.15. The van der Waals surface area contributed by atoms with Crippen LogP contribution in [-0.2, 0) is 15.7 Å². The SMILES string of the molecule is C[S+](C)CC[C@H](O)C(=O)O. The second kappa shape index (κ2) is 4.57. The Morgan fingerprint density at radius 2 is 2.10 bits per heavy atom. The molecule has 0 heterocycles. The molecule has 0 bridgehead atoms. The van der Waals surface area contributed by atoms with E-state index in [0.29, 0.717) is 6.42 Å². The smallest absolute Gasteiger partial charge is 0.332 e. The van der Waals surface area contributed by atoms with E-state index in [-0.39, 0.29) is 10.9 Å². The van der Waals surface area contributed by atoms with E-state index in [9.17, 15) is 4.79 Å². The number of aliphatic carboxylic acids is 1. The molecule has 0 aromatic rings. The highest BCUT2D eigenvalue weighted by Crippen LogP contribution is 1.95. The number of aliphatic hydroxyl groups is 1. The molecule has 0 saturated carbocycles. The lowest BCUT2D eigenvalue weighted by molar-refractivity contribution is -0.146. The molecular formula is C6H13O3S+. The molecular weight excluding hydrogens is 152 g/mol. The lowest BCUT2D eigenvalue weighted by Gasteiger charge is -2.01. The maximum atomic E-state index is 10.1. The van der Waals surface area contributed by atoms with Crippen molar-refractivity contribution in [2.75, 3.05) is 18.3 Å². The fourth-order valence-electron chi connectivity index (χ4n) is 0.471. The van der Waals surface area contributed by atoms with Crippen LogP contribution in [0, 0.1) is 0 Å². The number of carboxylic acid groups (broad SMARTS) is 1. The van der Waals surface area contributed by atoms with Crippen LogP contribution >= 0.6 is 0 Å². The molecule has 0 saturated heterocycles. The predicted molar refractivity (Wildman–Crippen MR) is 42.3 cm³/mol. The third-order valence-electron chi connectivity index (χ3n) is 1.08. The van der Waals surface area contributed by atoms with Crippen molar-refractivity contribution in [3.63, 3.8) is 0 Å². The second-order valence-corrected chi connectivity index (χ2v) is 4.71. The normalized spacial score (nSPS) is 13.6. The van der Waals surface area contributed by atoms with Gasteiger partial charge in [0.05, 0.1) is 12.5 Å². The molecule has 1 atom stereocenters. The van der Waals surface area contributed by atoms with E-state index in [4.69, 9.17) is 10.2 Å². The van der Waals surface area contributed by atoms with Crippen molar-refractivity contribution in [2.45, 2.75) is 12.5 Å². The van der Waals surface area contributed by atoms with E-state index in [1.807, 2.05) is 12.5 Å². The largest absolute Gasteiger partial charge is 0.479 e. The number of aliphatic hydroxyl groups excluding tert-OH is 1. The van der Waals surface area contributed by atoms with Crippen molar-refractivity contribution < 1.29 is 15.0 Å². The third-order valence-corrected chi connectivity index (χ3v) is 2.14. The molecule has 0 aliphatic rings. The van der Waals surface area contributed by atoms with Crippen molar-refractivity contribution in [1.29, 1.82) is 0 Å². The number of rotatable bonds is 4. The van der Waals surface area contributed by atoms with Crippen LogP contribution < -0.4 is 0 Å². The van der Waals surface area contributed by atoms with Gasteiger partial charge in [0.1, 0.15) is 5.75 Å². The van der Waals surface area contributed by atoms with Crippen LogP contribution in [-0.4, -0.2) is 40.6 Å². The Bertz CT molecular complexity index is 114. The minimum Gasteiger partial charge on any atom is -0.479 e. The average molecular weight is 165 g/mol. The highest BCUT2D eigenvalue weighted by atomic mass is 32.2. The molecule has 60 valence electrons. The predicted octanol–water partition coefficient (Wildman–Crippen LogP) is -0.300. The van der Waals surface area contributed by atoms with Crippen molar-refractivity contribution >= 4 is 16.9 Å². The summed E-state index contributed by atoms with van der Waals surface area (Å²) in [6.45, 7) is 0. The van der Waals surface area contributed by atoms with Crippen LogP contribution in [0.15, 0.2) is 0 Å². The summed E-state index contributed by atoms with van der Waals surface area (Å²) in [6, 6.07) is 0. The van der Waals surface area contributed by atoms with Crippen LogP contribution in [0.5, 0.6) is 0 Å². The standard InChI is InChI=1S/C6H12O3S/c1-10(2)4-3-5(7)6(8)9/h5,7H,3-4H2,1-2H3/p+1/t5-/m0/s1. The van der Waals surface area contributed by atoms with E-state index in [2.05, 4.69) is 0 Å². The van der Waals surface area contributed by atoms with Gasteiger partial charge in [0.15, 0.2) is 6.10 Å². The van der Waals surface area contributed by atoms with Gasteiger partial charge in [0.2, 0.25) is 0 Å². The first kappa shape index (κ1) is 9.78. The highest BCUT2D eigenvalue weighted by Gasteiger charge is 2.15. The lowest BCUT2D eigenvalue weighted by Crippen LogP contribution is -2.22. The Kier molecular flexibility index (Phi) is 4.47. The number of hydrogen-bond acceptors (Lipinski definition) is 2. The Morgan fingerprint density at radius 3 is 2.40 bits per heavy atom. The van der Waals surface area contributed by atoms with Gasteiger partial charge in [-0.15, -0.1) is 0 Å². The summed E-state index contributed by atoms with van der Waals surface area (Å²) in [5, 5.41) is 17.0. The van der Waals surface area contributed by atoms with Gasteiger partial charge in [-0.25, -0.2) is 4.79 Å². The van der Waals surface area contributed by atoms with Gasteiger partial charge >= 0.3 is 5.97 Å². The minimum atomic E-state index is -1.17.